The predicted molar refractivity (Wildman–Crippen MR) is 126 cm³/mol. The zero-order valence-corrected chi connectivity index (χ0v) is 18.2. The number of aryl methyl sites for hydroxylation is 3. The van der Waals surface area contributed by atoms with Gasteiger partial charge in [-0.05, 0) is 92.1 Å². The van der Waals surface area contributed by atoms with E-state index in [9.17, 15) is 9.59 Å². The summed E-state index contributed by atoms with van der Waals surface area (Å²) in [6.45, 7) is 5.94. The number of benzene rings is 3. The minimum atomic E-state index is -0.340. The summed E-state index contributed by atoms with van der Waals surface area (Å²) in [6, 6.07) is 18.0. The molecule has 2 N–H and O–H groups in total. The van der Waals surface area contributed by atoms with Crippen LogP contribution in [0.5, 0.6) is 5.75 Å². The molecule has 2 amide bonds. The van der Waals surface area contributed by atoms with Gasteiger partial charge in [0.15, 0.2) is 5.78 Å². The topological polar surface area (TPSA) is 67.4 Å². The average Bonchev–Trinajstić information content (AvgIpc) is 2.74. The fourth-order valence-electron chi connectivity index (χ4n) is 3.32. The third-order valence-electron chi connectivity index (χ3n) is 4.85. The number of amides is 2. The molecule has 0 unspecified atom stereocenters. The van der Waals surface area contributed by atoms with Crippen LogP contribution in [0.1, 0.15) is 32.6 Å². The van der Waals surface area contributed by atoms with Gasteiger partial charge in [-0.1, -0.05) is 23.8 Å². The van der Waals surface area contributed by atoms with Gasteiger partial charge in [-0.15, -0.1) is 0 Å². The Morgan fingerprint density at radius 3 is 1.84 bits per heavy atom. The summed E-state index contributed by atoms with van der Waals surface area (Å²) in [5, 5.41) is 5.53. The number of urea groups is 1. The van der Waals surface area contributed by atoms with Crippen LogP contribution in [0.2, 0.25) is 0 Å². The lowest BCUT2D eigenvalue weighted by Gasteiger charge is -2.09. The number of nitrogens with one attached hydrogen (secondary N) is 2. The molecule has 0 atom stereocenters. The molecule has 0 spiro atoms. The molecule has 0 aliphatic rings. The van der Waals surface area contributed by atoms with Crippen molar-refractivity contribution >= 4 is 29.3 Å². The van der Waals surface area contributed by atoms with Crippen molar-refractivity contribution in [2.24, 2.45) is 0 Å². The van der Waals surface area contributed by atoms with Crippen molar-refractivity contribution in [1.29, 1.82) is 0 Å². The standard InChI is InChI=1S/C26H26N2O3/c1-17-5-10-22(11-6-17)27-26(30)28-23-12-8-21(9-13-23)24(29)14-7-20-15-18(2)25(31-4)19(3)16-20/h5-16H,1-4H3,(H2,27,28,30)/b14-7+. The smallest absolute Gasteiger partial charge is 0.323 e. The average molecular weight is 415 g/mol. The van der Waals surface area contributed by atoms with Crippen molar-refractivity contribution in [3.05, 3.63) is 94.6 Å². The van der Waals surface area contributed by atoms with Crippen molar-refractivity contribution < 1.29 is 14.3 Å². The lowest BCUT2D eigenvalue weighted by Crippen LogP contribution is -2.19. The largest absolute Gasteiger partial charge is 0.496 e. The van der Waals surface area contributed by atoms with Crippen LogP contribution < -0.4 is 15.4 Å². The highest BCUT2D eigenvalue weighted by molar-refractivity contribution is 6.07. The first-order chi connectivity index (χ1) is 14.9. The van der Waals surface area contributed by atoms with Crippen LogP contribution in [0, 0.1) is 20.8 Å². The molecule has 0 saturated carbocycles. The van der Waals surface area contributed by atoms with Crippen LogP contribution in [0.15, 0.2) is 66.7 Å². The summed E-state index contributed by atoms with van der Waals surface area (Å²) in [6.07, 6.45) is 3.34. The molecule has 3 rings (SSSR count). The maximum Gasteiger partial charge on any atom is 0.323 e. The van der Waals surface area contributed by atoms with Crippen molar-refractivity contribution in [2.75, 3.05) is 17.7 Å². The molecule has 0 aliphatic carbocycles. The molecule has 31 heavy (non-hydrogen) atoms. The SMILES string of the molecule is COc1c(C)cc(/C=C/C(=O)c2ccc(NC(=O)Nc3ccc(C)cc3)cc2)cc1C. The number of hydrogen-bond acceptors (Lipinski definition) is 3. The number of carbonyl (C=O) groups excluding carboxylic acids is 2. The van der Waals surface area contributed by atoms with E-state index in [2.05, 4.69) is 10.6 Å². The highest BCUT2D eigenvalue weighted by Gasteiger charge is 2.07. The molecule has 0 fully saturated rings. The van der Waals surface area contributed by atoms with E-state index in [1.165, 1.54) is 0 Å². The molecule has 0 aromatic heterocycles. The second kappa shape index (κ2) is 9.76. The molecule has 0 bridgehead atoms. The lowest BCUT2D eigenvalue weighted by atomic mass is 10.0. The molecule has 5 heteroatoms. The molecule has 0 aliphatic heterocycles. The normalized spacial score (nSPS) is 10.7. The lowest BCUT2D eigenvalue weighted by molar-refractivity contribution is 0.104. The molecule has 3 aromatic rings. The van der Waals surface area contributed by atoms with Crippen LogP contribution in [-0.2, 0) is 0 Å². The number of rotatable bonds is 6. The third kappa shape index (κ3) is 5.82. The van der Waals surface area contributed by atoms with E-state index >= 15 is 0 Å². The first-order valence-corrected chi connectivity index (χ1v) is 9.98. The molecule has 0 heterocycles. The number of allylic oxidation sites excluding steroid dienone is 1. The predicted octanol–water partition coefficient (Wildman–Crippen LogP) is 6.16. The van der Waals surface area contributed by atoms with Crippen LogP contribution in [0.4, 0.5) is 16.2 Å². The number of methoxy groups -OCH3 is 1. The Hall–Kier alpha value is -3.86. The van der Waals surface area contributed by atoms with E-state index in [1.807, 2.05) is 57.2 Å². The second-order valence-corrected chi connectivity index (χ2v) is 7.41. The Morgan fingerprint density at radius 2 is 1.32 bits per heavy atom. The van der Waals surface area contributed by atoms with Gasteiger partial charge in [0.2, 0.25) is 0 Å². The van der Waals surface area contributed by atoms with E-state index < -0.39 is 0 Å². The third-order valence-corrected chi connectivity index (χ3v) is 4.85. The molecule has 0 saturated heterocycles. The fourth-order valence-corrected chi connectivity index (χ4v) is 3.32. The Balaban J connectivity index is 1.61. The fraction of sp³-hybridized carbons (Fsp3) is 0.154. The van der Waals surface area contributed by atoms with Gasteiger partial charge >= 0.3 is 6.03 Å². The molecule has 5 nitrogen and oxygen atoms in total. The van der Waals surface area contributed by atoms with Crippen molar-refractivity contribution in [3.63, 3.8) is 0 Å². The number of anilines is 2. The minimum absolute atomic E-state index is 0.109. The number of hydrogen-bond donors (Lipinski definition) is 2. The summed E-state index contributed by atoms with van der Waals surface area (Å²) >= 11 is 0. The maximum absolute atomic E-state index is 12.5. The Kier molecular flexibility index (Phi) is 6.88. The van der Waals surface area contributed by atoms with E-state index in [1.54, 1.807) is 43.5 Å². The molecule has 158 valence electrons. The number of ether oxygens (including phenoxy) is 1. The minimum Gasteiger partial charge on any atom is -0.496 e. The summed E-state index contributed by atoms with van der Waals surface area (Å²) < 4.78 is 5.38. The first kappa shape index (κ1) is 21.8. The summed E-state index contributed by atoms with van der Waals surface area (Å²) in [5.41, 5.74) is 5.97. The number of ketones is 1. The zero-order chi connectivity index (χ0) is 22.4. The van der Waals surface area contributed by atoms with E-state index in [0.717, 1.165) is 28.0 Å². The van der Waals surface area contributed by atoms with Crippen LogP contribution in [0.25, 0.3) is 6.08 Å². The first-order valence-electron chi connectivity index (χ1n) is 9.98. The van der Waals surface area contributed by atoms with Crippen LogP contribution >= 0.6 is 0 Å². The zero-order valence-electron chi connectivity index (χ0n) is 18.2. The Bertz CT molecular complexity index is 1090. The molecule has 3 aromatic carbocycles. The van der Waals surface area contributed by atoms with Crippen molar-refractivity contribution in [2.45, 2.75) is 20.8 Å². The maximum atomic E-state index is 12.5. The van der Waals surface area contributed by atoms with Crippen LogP contribution in [0.3, 0.4) is 0 Å². The summed E-state index contributed by atoms with van der Waals surface area (Å²) in [4.78, 5) is 24.6. The van der Waals surface area contributed by atoms with E-state index in [4.69, 9.17) is 4.74 Å². The highest BCUT2D eigenvalue weighted by atomic mass is 16.5. The van der Waals surface area contributed by atoms with Gasteiger partial charge in [-0.3, -0.25) is 4.79 Å². The van der Waals surface area contributed by atoms with Gasteiger partial charge in [0.05, 0.1) is 7.11 Å². The van der Waals surface area contributed by atoms with Gasteiger partial charge in [0.25, 0.3) is 0 Å². The second-order valence-electron chi connectivity index (χ2n) is 7.41. The quantitative estimate of drug-likeness (QED) is 0.375. The Labute approximate surface area is 182 Å². The van der Waals surface area contributed by atoms with Gasteiger partial charge in [0, 0.05) is 16.9 Å². The van der Waals surface area contributed by atoms with E-state index in [0.29, 0.717) is 16.9 Å². The summed E-state index contributed by atoms with van der Waals surface area (Å²) in [7, 11) is 1.65. The van der Waals surface area contributed by atoms with Gasteiger partial charge in [-0.2, -0.15) is 0 Å². The number of carbonyl (C=O) groups is 2. The summed E-state index contributed by atoms with van der Waals surface area (Å²) in [5.74, 6) is 0.750. The highest BCUT2D eigenvalue weighted by Crippen LogP contribution is 2.25. The van der Waals surface area contributed by atoms with Gasteiger partial charge in [-0.25, -0.2) is 4.79 Å². The van der Waals surface area contributed by atoms with Crippen molar-refractivity contribution in [3.8, 4) is 5.75 Å². The Morgan fingerprint density at radius 1 is 0.806 bits per heavy atom. The molecular formula is C26H26N2O3. The van der Waals surface area contributed by atoms with Crippen LogP contribution in [-0.4, -0.2) is 18.9 Å². The molecule has 0 radical (unpaired) electrons. The van der Waals surface area contributed by atoms with Gasteiger partial charge in [0.1, 0.15) is 5.75 Å². The van der Waals surface area contributed by atoms with Gasteiger partial charge < -0.3 is 15.4 Å². The van der Waals surface area contributed by atoms with Crippen molar-refractivity contribution in [1.82, 2.24) is 0 Å². The molecular weight excluding hydrogens is 388 g/mol. The monoisotopic (exact) mass is 414 g/mol. The van der Waals surface area contributed by atoms with E-state index in [-0.39, 0.29) is 11.8 Å².